The maximum atomic E-state index is 12.9. The van der Waals surface area contributed by atoms with E-state index < -0.39 is 11.9 Å². The maximum absolute atomic E-state index is 12.9. The number of hydrogen-bond donors (Lipinski definition) is 0. The number of ether oxygens (including phenoxy) is 1. The number of piperazine rings is 1. The smallest absolute Gasteiger partial charge is 0.406 e. The molecule has 0 bridgehead atoms. The molecule has 0 aliphatic carbocycles. The van der Waals surface area contributed by atoms with E-state index in [-0.39, 0.29) is 23.0 Å². The minimum atomic E-state index is -4.76. The molecular weight excluding hydrogens is 461 g/mol. The summed E-state index contributed by atoms with van der Waals surface area (Å²) in [7, 11) is 1.56. The highest BCUT2D eigenvalue weighted by molar-refractivity contribution is 5.92. The van der Waals surface area contributed by atoms with Crippen LogP contribution in [0.25, 0.3) is 11.0 Å². The minimum Gasteiger partial charge on any atom is -0.406 e. The third-order valence-electron chi connectivity index (χ3n) is 6.04. The van der Waals surface area contributed by atoms with Crippen molar-refractivity contribution >= 4 is 16.7 Å². The summed E-state index contributed by atoms with van der Waals surface area (Å²) >= 11 is 0. The number of rotatable bonds is 4. The molecule has 4 rings (SSSR count). The Morgan fingerprint density at radius 2 is 1.94 bits per heavy atom. The second-order valence-electron chi connectivity index (χ2n) is 8.34. The lowest BCUT2D eigenvalue weighted by molar-refractivity contribution is -0.274. The average molecular weight is 482 g/mol. The first kappa shape index (κ1) is 24.0. The maximum Gasteiger partial charge on any atom is 0.573 e. The van der Waals surface area contributed by atoms with Crippen LogP contribution in [0.5, 0.6) is 5.75 Å². The van der Waals surface area contributed by atoms with Crippen molar-refractivity contribution in [1.29, 1.82) is 10.5 Å². The quantitative estimate of drug-likeness (QED) is 0.563. The molecule has 8 nitrogen and oxygen atoms in total. The second kappa shape index (κ2) is 9.28. The highest BCUT2D eigenvalue weighted by Crippen LogP contribution is 2.30. The van der Waals surface area contributed by atoms with E-state index in [9.17, 15) is 28.5 Å². The van der Waals surface area contributed by atoms with Gasteiger partial charge in [0.1, 0.15) is 34.7 Å². The fraction of sp³-hybridized carbons (Fsp3) is 0.333. The predicted octanol–water partition coefficient (Wildman–Crippen LogP) is 3.29. The van der Waals surface area contributed by atoms with Crippen LogP contribution < -0.4 is 15.2 Å². The van der Waals surface area contributed by atoms with Crippen molar-refractivity contribution in [3.8, 4) is 17.9 Å². The normalized spacial score (nSPS) is 16.7. The Morgan fingerprint density at radius 1 is 1.17 bits per heavy atom. The van der Waals surface area contributed by atoms with Gasteiger partial charge < -0.3 is 14.2 Å². The lowest BCUT2D eigenvalue weighted by Crippen LogP contribution is -2.52. The van der Waals surface area contributed by atoms with E-state index in [1.807, 2.05) is 24.0 Å². The van der Waals surface area contributed by atoms with E-state index in [4.69, 9.17) is 0 Å². The molecule has 0 N–H and O–H groups in total. The zero-order valence-corrected chi connectivity index (χ0v) is 19.0. The Kier molecular flexibility index (Phi) is 6.37. The summed E-state index contributed by atoms with van der Waals surface area (Å²) in [5, 5.41) is 19.1. The van der Waals surface area contributed by atoms with Crippen LogP contribution in [0.15, 0.2) is 41.2 Å². The van der Waals surface area contributed by atoms with Crippen LogP contribution in [0.3, 0.4) is 0 Å². The van der Waals surface area contributed by atoms with Gasteiger partial charge in [0, 0.05) is 39.3 Å². The summed E-state index contributed by atoms with van der Waals surface area (Å²) in [6, 6.07) is 13.0. The molecule has 0 saturated carbocycles. The summed E-state index contributed by atoms with van der Waals surface area (Å²) in [6.45, 7) is 3.81. The molecule has 1 atom stereocenters. The molecule has 1 aliphatic rings. The number of aromatic nitrogens is 2. The monoisotopic (exact) mass is 482 g/mol. The highest BCUT2D eigenvalue weighted by Gasteiger charge is 2.32. The summed E-state index contributed by atoms with van der Waals surface area (Å²) in [5.74, 6) is -0.272. The minimum absolute atomic E-state index is 0.0414. The molecule has 2 aromatic heterocycles. The first-order valence-electron chi connectivity index (χ1n) is 10.8. The number of alkyl halides is 3. The Morgan fingerprint density at radius 3 is 2.60 bits per heavy atom. The highest BCUT2D eigenvalue weighted by atomic mass is 19.4. The molecule has 0 unspecified atom stereocenters. The molecule has 1 aliphatic heterocycles. The molecule has 0 amide bonds. The number of benzene rings is 1. The zero-order chi connectivity index (χ0) is 25.3. The van der Waals surface area contributed by atoms with Gasteiger partial charge in [-0.25, -0.2) is 4.98 Å². The lowest BCUT2D eigenvalue weighted by atomic mass is 10.1. The van der Waals surface area contributed by atoms with Gasteiger partial charge in [0.15, 0.2) is 0 Å². The predicted molar refractivity (Wildman–Crippen MR) is 122 cm³/mol. The van der Waals surface area contributed by atoms with Gasteiger partial charge in [0.2, 0.25) is 0 Å². The zero-order valence-electron chi connectivity index (χ0n) is 19.0. The molecule has 3 heterocycles. The summed E-state index contributed by atoms with van der Waals surface area (Å²) in [4.78, 5) is 21.3. The Bertz CT molecular complexity index is 1420. The van der Waals surface area contributed by atoms with Crippen LogP contribution in [0, 0.1) is 22.7 Å². The Hall–Kier alpha value is -4.09. The van der Waals surface area contributed by atoms with Gasteiger partial charge >= 0.3 is 6.36 Å². The fourth-order valence-electron chi connectivity index (χ4n) is 4.37. The van der Waals surface area contributed by atoms with Crippen molar-refractivity contribution in [2.75, 3.05) is 24.5 Å². The van der Waals surface area contributed by atoms with Gasteiger partial charge in [-0.05, 0) is 36.8 Å². The van der Waals surface area contributed by atoms with Crippen molar-refractivity contribution in [1.82, 2.24) is 14.5 Å². The molecule has 11 heteroatoms. The number of nitrogens with zero attached hydrogens (tertiary/aromatic N) is 6. The van der Waals surface area contributed by atoms with E-state index in [1.165, 1.54) is 28.8 Å². The summed E-state index contributed by atoms with van der Waals surface area (Å²) in [6.07, 6.45) is -4.76. The van der Waals surface area contributed by atoms with Crippen molar-refractivity contribution < 1.29 is 17.9 Å². The number of fused-ring (bicyclic) bond motifs is 1. The summed E-state index contributed by atoms with van der Waals surface area (Å²) in [5.41, 5.74) is 1.67. The summed E-state index contributed by atoms with van der Waals surface area (Å²) < 4.78 is 43.1. The van der Waals surface area contributed by atoms with E-state index in [2.05, 4.69) is 14.6 Å². The molecule has 0 radical (unpaired) electrons. The van der Waals surface area contributed by atoms with Gasteiger partial charge in [-0.15, -0.1) is 13.2 Å². The average Bonchev–Trinajstić information content (AvgIpc) is 2.81. The van der Waals surface area contributed by atoms with E-state index in [0.29, 0.717) is 48.5 Å². The third kappa shape index (κ3) is 4.91. The number of nitriles is 2. The number of hydrogen-bond acceptors (Lipinski definition) is 7. The van der Waals surface area contributed by atoms with Crippen molar-refractivity contribution in [2.45, 2.75) is 25.9 Å². The topological polar surface area (TPSA) is 98.2 Å². The number of halogens is 3. The molecule has 1 aromatic carbocycles. The molecule has 3 aromatic rings. The SMILES string of the molecule is C[C@@H]1CN(c2c(C#N)c(=O)n(C)c3ccc(C#N)nc23)CCN1Cc1cccc(OC(F)(F)F)c1. The second-order valence-corrected chi connectivity index (χ2v) is 8.34. The molecule has 0 spiro atoms. The van der Waals surface area contributed by atoms with Gasteiger partial charge in [0.05, 0.1) is 11.2 Å². The van der Waals surface area contributed by atoms with Crippen molar-refractivity contribution in [3.05, 3.63) is 63.6 Å². The number of pyridine rings is 2. The fourth-order valence-corrected chi connectivity index (χ4v) is 4.37. The first-order valence-corrected chi connectivity index (χ1v) is 10.8. The Balaban J connectivity index is 1.62. The van der Waals surface area contributed by atoms with Gasteiger partial charge in [0.25, 0.3) is 5.56 Å². The molecule has 1 saturated heterocycles. The largest absolute Gasteiger partial charge is 0.573 e. The van der Waals surface area contributed by atoms with Gasteiger partial charge in [-0.2, -0.15) is 10.5 Å². The van der Waals surface area contributed by atoms with Crippen LogP contribution >= 0.6 is 0 Å². The van der Waals surface area contributed by atoms with Crippen molar-refractivity contribution in [2.24, 2.45) is 7.05 Å². The van der Waals surface area contributed by atoms with Crippen LogP contribution in [-0.2, 0) is 13.6 Å². The first-order chi connectivity index (χ1) is 16.6. The van der Waals surface area contributed by atoms with Crippen LogP contribution in [0.4, 0.5) is 18.9 Å². The van der Waals surface area contributed by atoms with Crippen molar-refractivity contribution in [3.63, 3.8) is 0 Å². The van der Waals surface area contributed by atoms with E-state index in [0.717, 1.165) is 0 Å². The van der Waals surface area contributed by atoms with Gasteiger partial charge in [-0.3, -0.25) is 9.69 Å². The third-order valence-corrected chi connectivity index (χ3v) is 6.04. The van der Waals surface area contributed by atoms with E-state index >= 15 is 0 Å². The van der Waals surface area contributed by atoms with Crippen LogP contribution in [0.1, 0.15) is 23.7 Å². The molecular formula is C24H21F3N6O2. The molecule has 1 fully saturated rings. The van der Waals surface area contributed by atoms with E-state index in [1.54, 1.807) is 19.2 Å². The number of anilines is 1. The molecule has 180 valence electrons. The standard InChI is InChI=1S/C24H21F3N6O2/c1-15-13-33(9-8-32(15)14-16-4-3-5-18(10-16)35-24(25,26)27)22-19(12-29)23(34)31(2)20-7-6-17(11-28)30-21(20)22/h3-7,10,15H,8-9,13-14H2,1-2H3/t15-/m1/s1. The van der Waals surface area contributed by atoms with Crippen LogP contribution in [-0.4, -0.2) is 46.5 Å². The number of aryl methyl sites for hydroxylation is 1. The lowest BCUT2D eigenvalue weighted by Gasteiger charge is -2.41. The van der Waals surface area contributed by atoms with Crippen LogP contribution in [0.2, 0.25) is 0 Å². The van der Waals surface area contributed by atoms with Gasteiger partial charge in [-0.1, -0.05) is 12.1 Å². The molecule has 35 heavy (non-hydrogen) atoms. The Labute approximate surface area is 199 Å².